The number of aliphatic imine (C=N–C) groups is 1. The summed E-state index contributed by atoms with van der Waals surface area (Å²) < 4.78 is 5.13. The number of ketones is 1. The van der Waals surface area contributed by atoms with Crippen molar-refractivity contribution < 1.29 is 14.3 Å². The van der Waals surface area contributed by atoms with Gasteiger partial charge in [0.2, 0.25) is 0 Å². The third-order valence-corrected chi connectivity index (χ3v) is 2.89. The summed E-state index contributed by atoms with van der Waals surface area (Å²) in [7, 11) is 1.56. The minimum absolute atomic E-state index is 0.232. The van der Waals surface area contributed by atoms with Gasteiger partial charge in [0, 0.05) is 18.3 Å². The van der Waals surface area contributed by atoms with Gasteiger partial charge in [-0.2, -0.15) is 0 Å². The van der Waals surface area contributed by atoms with Crippen LogP contribution in [0.5, 0.6) is 0 Å². The van der Waals surface area contributed by atoms with E-state index in [9.17, 15) is 9.59 Å². The molecule has 1 saturated heterocycles. The zero-order chi connectivity index (χ0) is 12.4. The van der Waals surface area contributed by atoms with Crippen LogP contribution in [0.3, 0.4) is 0 Å². The summed E-state index contributed by atoms with van der Waals surface area (Å²) in [5.74, 6) is -1.58. The zero-order valence-corrected chi connectivity index (χ0v) is 9.71. The Bertz CT molecular complexity index is 479. The van der Waals surface area contributed by atoms with Gasteiger partial charge in [-0.25, -0.2) is 0 Å². The minimum Gasteiger partial charge on any atom is -0.449 e. The first-order valence-electron chi connectivity index (χ1n) is 5.37. The molecule has 0 aromatic heterocycles. The van der Waals surface area contributed by atoms with Crippen molar-refractivity contribution >= 4 is 17.5 Å². The lowest BCUT2D eigenvalue weighted by atomic mass is 9.95. The first-order valence-corrected chi connectivity index (χ1v) is 5.37. The number of carbonyl (C=O) groups excluding carboxylic acids is 2. The van der Waals surface area contributed by atoms with Gasteiger partial charge in [0.1, 0.15) is 0 Å². The molecule has 17 heavy (non-hydrogen) atoms. The summed E-state index contributed by atoms with van der Waals surface area (Å²) in [5, 5.41) is 0. The van der Waals surface area contributed by atoms with E-state index in [1.54, 1.807) is 26.1 Å². The molecule has 1 aromatic carbocycles. The number of Topliss-reactive ketones (excluding diaryl/α,β-unsaturated/α-hetero) is 1. The molecule has 2 rings (SSSR count). The van der Waals surface area contributed by atoms with Crippen LogP contribution in [0.4, 0.5) is 0 Å². The highest BCUT2D eigenvalue weighted by atomic mass is 16.6. The molecule has 1 aliphatic rings. The smallest absolute Gasteiger partial charge is 0.323 e. The molecule has 0 bridgehead atoms. The van der Waals surface area contributed by atoms with E-state index in [0.29, 0.717) is 11.3 Å². The maximum Gasteiger partial charge on any atom is 0.323 e. The summed E-state index contributed by atoms with van der Waals surface area (Å²) in [4.78, 5) is 27.6. The third kappa shape index (κ3) is 1.98. The Hall–Kier alpha value is -1.97. The number of cyclic esters (lactones) is 1. The van der Waals surface area contributed by atoms with Gasteiger partial charge in [-0.05, 0) is 6.92 Å². The van der Waals surface area contributed by atoms with E-state index in [1.165, 1.54) is 0 Å². The van der Waals surface area contributed by atoms with Gasteiger partial charge in [-0.1, -0.05) is 30.3 Å². The first kappa shape index (κ1) is 11.5. The zero-order valence-electron chi connectivity index (χ0n) is 9.71. The molecule has 0 aliphatic carbocycles. The minimum atomic E-state index is -0.842. The first-order chi connectivity index (χ1) is 8.15. The number of rotatable bonds is 2. The fraction of sp³-hybridized carbons (Fsp3) is 0.308. The predicted octanol–water partition coefficient (Wildman–Crippen LogP) is 1.56. The highest BCUT2D eigenvalue weighted by Gasteiger charge is 2.45. The van der Waals surface area contributed by atoms with Crippen molar-refractivity contribution in [2.45, 2.75) is 13.0 Å². The topological polar surface area (TPSA) is 55.7 Å². The third-order valence-electron chi connectivity index (χ3n) is 2.89. The number of hydrogen-bond donors (Lipinski definition) is 0. The van der Waals surface area contributed by atoms with Gasteiger partial charge in [0.15, 0.2) is 17.8 Å². The number of nitrogens with zero attached hydrogens (tertiary/aromatic N) is 1. The van der Waals surface area contributed by atoms with Crippen molar-refractivity contribution in [3.8, 4) is 0 Å². The fourth-order valence-electron chi connectivity index (χ4n) is 1.88. The molecule has 88 valence electrons. The fourth-order valence-corrected chi connectivity index (χ4v) is 1.88. The average Bonchev–Trinajstić information content (AvgIpc) is 2.65. The van der Waals surface area contributed by atoms with E-state index in [4.69, 9.17) is 4.74 Å². The molecule has 1 heterocycles. The van der Waals surface area contributed by atoms with Gasteiger partial charge < -0.3 is 4.74 Å². The van der Waals surface area contributed by atoms with Crippen LogP contribution in [-0.2, 0) is 14.3 Å². The highest BCUT2D eigenvalue weighted by Crippen LogP contribution is 2.30. The molecule has 1 aromatic rings. The summed E-state index contributed by atoms with van der Waals surface area (Å²) in [6.45, 7) is 1.66. The summed E-state index contributed by atoms with van der Waals surface area (Å²) >= 11 is 0. The number of carbonyl (C=O) groups is 2. The predicted molar refractivity (Wildman–Crippen MR) is 62.8 cm³/mol. The second kappa shape index (κ2) is 4.49. The number of benzene rings is 1. The van der Waals surface area contributed by atoms with Crippen molar-refractivity contribution in [3.05, 3.63) is 35.9 Å². The van der Waals surface area contributed by atoms with Crippen molar-refractivity contribution in [3.63, 3.8) is 0 Å². The van der Waals surface area contributed by atoms with Gasteiger partial charge in [-0.15, -0.1) is 0 Å². The van der Waals surface area contributed by atoms with E-state index in [0.717, 1.165) is 0 Å². The van der Waals surface area contributed by atoms with Crippen molar-refractivity contribution in [1.29, 1.82) is 0 Å². The molecule has 0 saturated carbocycles. The van der Waals surface area contributed by atoms with E-state index in [1.807, 2.05) is 18.2 Å². The second-order valence-corrected chi connectivity index (χ2v) is 3.93. The Morgan fingerprint density at radius 2 is 1.88 bits per heavy atom. The normalized spacial score (nSPS) is 24.9. The maximum absolute atomic E-state index is 12.1. The Kier molecular flexibility index (Phi) is 3.04. The van der Waals surface area contributed by atoms with Crippen LogP contribution in [0, 0.1) is 5.92 Å². The van der Waals surface area contributed by atoms with Crippen LogP contribution in [0.2, 0.25) is 0 Å². The standard InChI is InChI=1S/C13H13NO3/c1-8(14-2)10-11(15)12(17-13(10)16)9-6-4-3-5-7-9/h3-7,10,12H,1-2H3/t10?,12-/m0/s1. The quantitative estimate of drug-likeness (QED) is 0.441. The molecule has 4 heteroatoms. The maximum atomic E-state index is 12.1. The van der Waals surface area contributed by atoms with Crippen molar-refractivity contribution in [2.24, 2.45) is 10.9 Å². The van der Waals surface area contributed by atoms with Gasteiger partial charge in [0.25, 0.3) is 0 Å². The average molecular weight is 231 g/mol. The van der Waals surface area contributed by atoms with Crippen molar-refractivity contribution in [1.82, 2.24) is 0 Å². The van der Waals surface area contributed by atoms with Crippen LogP contribution < -0.4 is 0 Å². The molecule has 1 fully saturated rings. The van der Waals surface area contributed by atoms with E-state index < -0.39 is 18.0 Å². The van der Waals surface area contributed by atoms with Gasteiger partial charge >= 0.3 is 5.97 Å². The second-order valence-electron chi connectivity index (χ2n) is 3.93. The van der Waals surface area contributed by atoms with Crippen LogP contribution in [0.1, 0.15) is 18.6 Å². The lowest BCUT2D eigenvalue weighted by molar-refractivity contribution is -0.143. The number of hydrogen-bond acceptors (Lipinski definition) is 4. The lowest BCUT2D eigenvalue weighted by Gasteiger charge is -2.07. The molecule has 0 amide bonds. The molecule has 1 aliphatic heterocycles. The SMILES string of the molecule is CN=C(C)C1C(=O)O[C@@H](c2ccccc2)C1=O. The number of esters is 1. The van der Waals surface area contributed by atoms with E-state index >= 15 is 0 Å². The monoisotopic (exact) mass is 231 g/mol. The molecule has 0 spiro atoms. The van der Waals surface area contributed by atoms with Crippen LogP contribution in [-0.4, -0.2) is 24.5 Å². The summed E-state index contributed by atoms with van der Waals surface area (Å²) in [5.41, 5.74) is 1.20. The molecule has 0 radical (unpaired) electrons. The summed E-state index contributed by atoms with van der Waals surface area (Å²) in [6, 6.07) is 9.02. The Labute approximate surface area is 99.3 Å². The van der Waals surface area contributed by atoms with E-state index in [2.05, 4.69) is 4.99 Å². The van der Waals surface area contributed by atoms with Crippen LogP contribution >= 0.6 is 0 Å². The van der Waals surface area contributed by atoms with E-state index in [-0.39, 0.29) is 5.78 Å². The largest absolute Gasteiger partial charge is 0.449 e. The van der Waals surface area contributed by atoms with Gasteiger partial charge in [-0.3, -0.25) is 14.6 Å². The lowest BCUT2D eigenvalue weighted by Crippen LogP contribution is -2.24. The highest BCUT2D eigenvalue weighted by molar-refractivity contribution is 6.22. The molecule has 1 unspecified atom stereocenters. The molecular weight excluding hydrogens is 218 g/mol. The van der Waals surface area contributed by atoms with Crippen LogP contribution in [0.25, 0.3) is 0 Å². The Morgan fingerprint density at radius 1 is 1.24 bits per heavy atom. The van der Waals surface area contributed by atoms with Crippen LogP contribution in [0.15, 0.2) is 35.3 Å². The Balaban J connectivity index is 2.31. The molecular formula is C13H13NO3. The Morgan fingerprint density at radius 3 is 2.47 bits per heavy atom. The molecule has 4 nitrogen and oxygen atoms in total. The van der Waals surface area contributed by atoms with Gasteiger partial charge in [0.05, 0.1) is 0 Å². The molecule has 0 N–H and O–H groups in total. The van der Waals surface area contributed by atoms with Crippen molar-refractivity contribution in [2.75, 3.05) is 7.05 Å². The number of ether oxygens (including phenoxy) is 1. The molecule has 2 atom stereocenters. The summed E-state index contributed by atoms with van der Waals surface area (Å²) in [6.07, 6.45) is -0.787.